The number of aromatic nitrogens is 3. The van der Waals surface area contributed by atoms with Gasteiger partial charge >= 0.3 is 0 Å². The minimum Gasteiger partial charge on any atom is -0.376 e. The smallest absolute Gasteiger partial charge is 0.267 e. The van der Waals surface area contributed by atoms with Crippen LogP contribution in [0.5, 0.6) is 0 Å². The SMILES string of the molecule is N=c1c(C(=O)NCCc2ccccc2)cc2c(=O)n3ccccc3nc2n1C[C@@H]1CCCO1. The van der Waals surface area contributed by atoms with Gasteiger partial charge in [-0.1, -0.05) is 36.4 Å². The second-order valence-electron chi connectivity index (χ2n) is 8.23. The highest BCUT2D eigenvalue weighted by atomic mass is 16.5. The first-order chi connectivity index (χ1) is 16.1. The summed E-state index contributed by atoms with van der Waals surface area (Å²) in [5.74, 6) is -0.378. The first kappa shape index (κ1) is 21.1. The lowest BCUT2D eigenvalue weighted by Gasteiger charge is -2.17. The fraction of sp³-hybridized carbons (Fsp3) is 0.280. The number of amides is 1. The fourth-order valence-electron chi connectivity index (χ4n) is 4.29. The van der Waals surface area contributed by atoms with Gasteiger partial charge in [-0.15, -0.1) is 0 Å². The summed E-state index contributed by atoms with van der Waals surface area (Å²) in [5, 5.41) is 12.0. The van der Waals surface area contributed by atoms with E-state index in [0.717, 1.165) is 18.4 Å². The topological polar surface area (TPSA) is 101 Å². The summed E-state index contributed by atoms with van der Waals surface area (Å²) >= 11 is 0. The number of fused-ring (bicyclic) bond motifs is 2. The summed E-state index contributed by atoms with van der Waals surface area (Å²) in [6.45, 7) is 1.48. The van der Waals surface area contributed by atoms with Gasteiger partial charge in [0.25, 0.3) is 11.5 Å². The standard InChI is InChI=1S/C25H25N5O3/c26-22-19(24(31)27-12-11-17-7-2-1-3-8-17)15-20-23(30(22)16-18-9-6-14-33-18)28-21-10-4-5-13-29(21)25(20)32/h1-5,7-8,10,13,15,18,26H,6,9,11-12,14,16H2,(H,27,31)/t18-/m0/s1. The highest BCUT2D eigenvalue weighted by Gasteiger charge is 2.22. The Kier molecular flexibility index (Phi) is 5.75. The maximum absolute atomic E-state index is 13.2. The average Bonchev–Trinajstić information content (AvgIpc) is 3.35. The fourth-order valence-corrected chi connectivity index (χ4v) is 4.29. The number of carbonyl (C=O) groups excluding carboxylic acids is 1. The highest BCUT2D eigenvalue weighted by Crippen LogP contribution is 2.16. The number of carbonyl (C=O) groups is 1. The van der Waals surface area contributed by atoms with Gasteiger partial charge in [0.2, 0.25) is 0 Å². The Bertz CT molecular complexity index is 1440. The maximum Gasteiger partial charge on any atom is 0.267 e. The van der Waals surface area contributed by atoms with E-state index >= 15 is 0 Å². The van der Waals surface area contributed by atoms with E-state index in [0.29, 0.717) is 42.8 Å². The second-order valence-corrected chi connectivity index (χ2v) is 8.23. The lowest BCUT2D eigenvalue weighted by molar-refractivity contribution is 0.0933. The largest absolute Gasteiger partial charge is 0.376 e. The van der Waals surface area contributed by atoms with Crippen LogP contribution in [-0.2, 0) is 17.7 Å². The van der Waals surface area contributed by atoms with Crippen LogP contribution in [0.25, 0.3) is 16.7 Å². The molecule has 0 radical (unpaired) electrons. The Morgan fingerprint density at radius 1 is 1.18 bits per heavy atom. The molecule has 5 rings (SSSR count). The van der Waals surface area contributed by atoms with E-state index in [1.54, 1.807) is 22.9 Å². The number of hydrogen-bond donors (Lipinski definition) is 2. The highest BCUT2D eigenvalue weighted by molar-refractivity contribution is 5.96. The van der Waals surface area contributed by atoms with E-state index in [1.165, 1.54) is 10.5 Å². The molecule has 0 saturated carbocycles. The molecule has 1 aliphatic rings. The van der Waals surface area contributed by atoms with Crippen LogP contribution in [0.4, 0.5) is 0 Å². The van der Waals surface area contributed by atoms with Gasteiger partial charge in [0, 0.05) is 19.3 Å². The van der Waals surface area contributed by atoms with Crippen molar-refractivity contribution in [1.29, 1.82) is 5.41 Å². The van der Waals surface area contributed by atoms with Crippen molar-refractivity contribution >= 4 is 22.6 Å². The summed E-state index contributed by atoms with van der Waals surface area (Å²) in [6, 6.07) is 16.7. The monoisotopic (exact) mass is 443 g/mol. The minimum atomic E-state index is -0.378. The van der Waals surface area contributed by atoms with E-state index in [2.05, 4.69) is 10.3 Å². The molecule has 1 aliphatic heterocycles. The van der Waals surface area contributed by atoms with Crippen LogP contribution in [0.3, 0.4) is 0 Å². The van der Waals surface area contributed by atoms with Gasteiger partial charge in [-0.2, -0.15) is 0 Å². The van der Waals surface area contributed by atoms with Crippen LogP contribution in [0.15, 0.2) is 65.6 Å². The predicted octanol–water partition coefficient (Wildman–Crippen LogP) is 2.28. The Balaban J connectivity index is 1.56. The van der Waals surface area contributed by atoms with Gasteiger partial charge in [-0.25, -0.2) is 4.98 Å². The Hall–Kier alpha value is -3.78. The molecule has 168 valence electrons. The zero-order valence-electron chi connectivity index (χ0n) is 18.2. The summed E-state index contributed by atoms with van der Waals surface area (Å²) in [6.07, 6.45) is 4.08. The van der Waals surface area contributed by atoms with Crippen molar-refractivity contribution in [2.24, 2.45) is 0 Å². The average molecular weight is 444 g/mol. The molecule has 1 aromatic carbocycles. The van der Waals surface area contributed by atoms with Crippen molar-refractivity contribution in [1.82, 2.24) is 19.3 Å². The minimum absolute atomic E-state index is 0.0300. The molecule has 1 amide bonds. The van der Waals surface area contributed by atoms with Crippen molar-refractivity contribution in [2.45, 2.75) is 31.9 Å². The zero-order chi connectivity index (χ0) is 22.8. The van der Waals surface area contributed by atoms with Crippen LogP contribution >= 0.6 is 0 Å². The van der Waals surface area contributed by atoms with Gasteiger partial charge in [-0.3, -0.25) is 19.4 Å². The Morgan fingerprint density at radius 2 is 2.00 bits per heavy atom. The number of rotatable bonds is 6. The molecule has 4 aromatic rings. The maximum atomic E-state index is 13.2. The lowest BCUT2D eigenvalue weighted by Crippen LogP contribution is -2.37. The van der Waals surface area contributed by atoms with E-state index in [9.17, 15) is 9.59 Å². The molecule has 8 heteroatoms. The number of nitrogens with one attached hydrogen (secondary N) is 2. The van der Waals surface area contributed by atoms with Crippen molar-refractivity contribution in [3.8, 4) is 0 Å². The molecule has 1 fully saturated rings. The molecule has 2 N–H and O–H groups in total. The zero-order valence-corrected chi connectivity index (χ0v) is 18.2. The molecule has 0 aliphatic carbocycles. The van der Waals surface area contributed by atoms with Crippen LogP contribution in [0, 0.1) is 5.41 Å². The second kappa shape index (κ2) is 8.99. The lowest BCUT2D eigenvalue weighted by atomic mass is 10.1. The molecule has 4 heterocycles. The number of hydrogen-bond acceptors (Lipinski definition) is 5. The van der Waals surface area contributed by atoms with Gasteiger partial charge in [-0.05, 0) is 43.0 Å². The molecule has 0 spiro atoms. The Morgan fingerprint density at radius 3 is 2.79 bits per heavy atom. The van der Waals surface area contributed by atoms with Crippen LogP contribution in [0.1, 0.15) is 28.8 Å². The quantitative estimate of drug-likeness (QED) is 0.447. The van der Waals surface area contributed by atoms with Gasteiger partial charge in [0.05, 0.1) is 23.6 Å². The molecule has 1 saturated heterocycles. The normalized spacial score (nSPS) is 15.8. The molecular formula is C25H25N5O3. The van der Waals surface area contributed by atoms with Crippen molar-refractivity contribution in [2.75, 3.05) is 13.2 Å². The van der Waals surface area contributed by atoms with Crippen molar-refractivity contribution in [3.05, 3.63) is 87.8 Å². The van der Waals surface area contributed by atoms with Crippen LogP contribution in [0.2, 0.25) is 0 Å². The molecule has 1 atom stereocenters. The summed E-state index contributed by atoms with van der Waals surface area (Å²) in [7, 11) is 0. The third kappa shape index (κ3) is 4.17. The summed E-state index contributed by atoms with van der Waals surface area (Å²) < 4.78 is 8.88. The summed E-state index contributed by atoms with van der Waals surface area (Å²) in [5.41, 5.74) is 1.92. The number of ether oxygens (including phenoxy) is 1. The molecule has 0 bridgehead atoms. The van der Waals surface area contributed by atoms with E-state index in [1.807, 2.05) is 36.4 Å². The third-order valence-electron chi connectivity index (χ3n) is 6.02. The number of pyridine rings is 2. The van der Waals surface area contributed by atoms with E-state index < -0.39 is 0 Å². The third-order valence-corrected chi connectivity index (χ3v) is 6.02. The van der Waals surface area contributed by atoms with E-state index in [-0.39, 0.29) is 28.6 Å². The molecule has 8 nitrogen and oxygen atoms in total. The molecule has 33 heavy (non-hydrogen) atoms. The number of benzene rings is 1. The number of nitrogens with zero attached hydrogens (tertiary/aromatic N) is 3. The van der Waals surface area contributed by atoms with Gasteiger partial charge in [0.15, 0.2) is 0 Å². The molecular weight excluding hydrogens is 418 g/mol. The van der Waals surface area contributed by atoms with Crippen molar-refractivity contribution < 1.29 is 9.53 Å². The summed E-state index contributed by atoms with van der Waals surface area (Å²) in [4.78, 5) is 31.0. The van der Waals surface area contributed by atoms with Crippen molar-refractivity contribution in [3.63, 3.8) is 0 Å². The first-order valence-corrected chi connectivity index (χ1v) is 11.1. The molecule has 0 unspecified atom stereocenters. The first-order valence-electron chi connectivity index (χ1n) is 11.1. The predicted molar refractivity (Wildman–Crippen MR) is 124 cm³/mol. The Labute approximate surface area is 190 Å². The van der Waals surface area contributed by atoms with Crippen LogP contribution < -0.4 is 16.4 Å². The molecule has 3 aromatic heterocycles. The van der Waals surface area contributed by atoms with Gasteiger partial charge < -0.3 is 14.6 Å². The van der Waals surface area contributed by atoms with E-state index in [4.69, 9.17) is 10.1 Å². The van der Waals surface area contributed by atoms with Crippen LogP contribution in [-0.4, -0.2) is 39.1 Å². The van der Waals surface area contributed by atoms with Gasteiger partial charge in [0.1, 0.15) is 16.8 Å².